The highest BCUT2D eigenvalue weighted by Crippen LogP contribution is 2.20. The molecule has 1 aromatic heterocycles. The molecule has 0 N–H and O–H groups in total. The van der Waals surface area contributed by atoms with Crippen molar-refractivity contribution in [3.63, 3.8) is 0 Å². The first-order chi connectivity index (χ1) is 10.3. The van der Waals surface area contributed by atoms with Gasteiger partial charge in [0.2, 0.25) is 0 Å². The zero-order valence-corrected chi connectivity index (χ0v) is 13.5. The zero-order valence-electron chi connectivity index (χ0n) is 13.5. The number of aryl methyl sites for hydroxylation is 1. The van der Waals surface area contributed by atoms with Gasteiger partial charge in [-0.3, -0.25) is 4.90 Å². The lowest BCUT2D eigenvalue weighted by Crippen LogP contribution is -2.41. The van der Waals surface area contributed by atoms with Crippen LogP contribution in [0.15, 0.2) is 12.4 Å². The molecule has 0 saturated carbocycles. The van der Waals surface area contributed by atoms with Crippen molar-refractivity contribution in [2.75, 3.05) is 32.7 Å². The molecule has 2 fully saturated rings. The van der Waals surface area contributed by atoms with Crippen LogP contribution < -0.4 is 0 Å². The summed E-state index contributed by atoms with van der Waals surface area (Å²) in [5, 5.41) is 0. The van der Waals surface area contributed by atoms with Gasteiger partial charge in [0.05, 0.1) is 6.54 Å². The number of hydrogen-bond acceptors (Lipinski definition) is 3. The van der Waals surface area contributed by atoms with Crippen LogP contribution in [0, 0.1) is 5.92 Å². The van der Waals surface area contributed by atoms with Crippen LogP contribution in [0.25, 0.3) is 0 Å². The van der Waals surface area contributed by atoms with Crippen molar-refractivity contribution in [2.24, 2.45) is 13.0 Å². The molecule has 1 unspecified atom stereocenters. The Morgan fingerprint density at radius 1 is 1.05 bits per heavy atom. The highest BCUT2D eigenvalue weighted by Gasteiger charge is 2.23. The van der Waals surface area contributed by atoms with Crippen LogP contribution in [0.4, 0.5) is 0 Å². The van der Waals surface area contributed by atoms with Gasteiger partial charge in [-0.1, -0.05) is 12.8 Å². The molecule has 4 heteroatoms. The molecule has 21 heavy (non-hydrogen) atoms. The van der Waals surface area contributed by atoms with E-state index in [0.717, 1.165) is 12.5 Å². The number of likely N-dealkylation sites (tertiary alicyclic amines) is 2. The number of nitrogens with zero attached hydrogens (tertiary/aromatic N) is 4. The van der Waals surface area contributed by atoms with E-state index in [0.29, 0.717) is 0 Å². The molecule has 0 bridgehead atoms. The van der Waals surface area contributed by atoms with Gasteiger partial charge in [-0.05, 0) is 51.2 Å². The van der Waals surface area contributed by atoms with E-state index >= 15 is 0 Å². The van der Waals surface area contributed by atoms with Crippen molar-refractivity contribution >= 4 is 0 Å². The van der Waals surface area contributed by atoms with E-state index in [1.165, 1.54) is 77.1 Å². The van der Waals surface area contributed by atoms with Gasteiger partial charge < -0.3 is 9.47 Å². The first kappa shape index (κ1) is 15.0. The largest absolute Gasteiger partial charge is 0.337 e. The maximum Gasteiger partial charge on any atom is 0.122 e. The van der Waals surface area contributed by atoms with Crippen LogP contribution in [-0.2, 0) is 13.6 Å². The molecule has 0 spiro atoms. The van der Waals surface area contributed by atoms with E-state index in [1.807, 2.05) is 12.4 Å². The van der Waals surface area contributed by atoms with E-state index in [2.05, 4.69) is 26.4 Å². The summed E-state index contributed by atoms with van der Waals surface area (Å²) in [7, 11) is 2.10. The summed E-state index contributed by atoms with van der Waals surface area (Å²) in [5.41, 5.74) is 0. The van der Waals surface area contributed by atoms with Gasteiger partial charge in [-0.15, -0.1) is 0 Å². The molecule has 2 saturated heterocycles. The summed E-state index contributed by atoms with van der Waals surface area (Å²) in [5.74, 6) is 2.06. The van der Waals surface area contributed by atoms with Gasteiger partial charge in [-0.2, -0.15) is 0 Å². The Labute approximate surface area is 129 Å². The van der Waals surface area contributed by atoms with Gasteiger partial charge in [-0.25, -0.2) is 4.98 Å². The van der Waals surface area contributed by atoms with E-state index in [-0.39, 0.29) is 0 Å². The molecular formula is C17H30N4. The highest BCUT2D eigenvalue weighted by molar-refractivity contribution is 4.92. The maximum atomic E-state index is 4.47. The number of piperidine rings is 1. The quantitative estimate of drug-likeness (QED) is 0.851. The Morgan fingerprint density at radius 3 is 2.52 bits per heavy atom. The second-order valence-electron chi connectivity index (χ2n) is 6.91. The molecule has 0 radical (unpaired) electrons. The Kier molecular flexibility index (Phi) is 5.31. The molecule has 2 aliphatic heterocycles. The number of rotatable bonds is 4. The number of imidazole rings is 1. The Bertz CT molecular complexity index is 420. The monoisotopic (exact) mass is 290 g/mol. The van der Waals surface area contributed by atoms with Crippen molar-refractivity contribution in [1.29, 1.82) is 0 Å². The third kappa shape index (κ3) is 4.30. The lowest BCUT2D eigenvalue weighted by Gasteiger charge is -2.35. The van der Waals surface area contributed by atoms with Crippen LogP contribution in [0.2, 0.25) is 0 Å². The summed E-state index contributed by atoms with van der Waals surface area (Å²) < 4.78 is 2.15. The molecule has 2 aliphatic rings. The van der Waals surface area contributed by atoms with Gasteiger partial charge in [0, 0.05) is 32.5 Å². The minimum absolute atomic E-state index is 0.858. The van der Waals surface area contributed by atoms with Crippen molar-refractivity contribution in [3.05, 3.63) is 18.2 Å². The average molecular weight is 290 g/mol. The smallest absolute Gasteiger partial charge is 0.122 e. The SMILES string of the molecule is Cn1ccnc1CN1CCCC(CN2CCCCCC2)C1. The standard InChI is InChI=1S/C17H30N4/c1-19-12-8-18-17(19)15-21-11-6-7-16(14-21)13-20-9-4-2-3-5-10-20/h8,12,16H,2-7,9-11,13-15H2,1H3. The van der Waals surface area contributed by atoms with Crippen molar-refractivity contribution < 1.29 is 0 Å². The first-order valence-corrected chi connectivity index (χ1v) is 8.72. The van der Waals surface area contributed by atoms with Gasteiger partial charge in [0.1, 0.15) is 5.82 Å². The fraction of sp³-hybridized carbons (Fsp3) is 0.824. The van der Waals surface area contributed by atoms with E-state index in [1.54, 1.807) is 0 Å². The predicted molar refractivity (Wildman–Crippen MR) is 86.1 cm³/mol. The van der Waals surface area contributed by atoms with Crippen molar-refractivity contribution in [1.82, 2.24) is 19.4 Å². The van der Waals surface area contributed by atoms with Crippen LogP contribution in [0.1, 0.15) is 44.3 Å². The zero-order chi connectivity index (χ0) is 14.5. The molecule has 1 atom stereocenters. The Hall–Kier alpha value is -0.870. The van der Waals surface area contributed by atoms with Crippen LogP contribution in [0.3, 0.4) is 0 Å². The van der Waals surface area contributed by atoms with E-state index in [9.17, 15) is 0 Å². The third-order valence-corrected chi connectivity index (χ3v) is 5.10. The number of aromatic nitrogens is 2. The summed E-state index contributed by atoms with van der Waals surface area (Å²) in [4.78, 5) is 9.80. The predicted octanol–water partition coefficient (Wildman–Crippen LogP) is 2.51. The molecule has 118 valence electrons. The summed E-state index contributed by atoms with van der Waals surface area (Å²) in [6, 6.07) is 0. The molecule has 0 aliphatic carbocycles. The van der Waals surface area contributed by atoms with E-state index < -0.39 is 0 Å². The Morgan fingerprint density at radius 2 is 1.81 bits per heavy atom. The van der Waals surface area contributed by atoms with Gasteiger partial charge in [0.15, 0.2) is 0 Å². The highest BCUT2D eigenvalue weighted by atomic mass is 15.2. The molecule has 3 heterocycles. The second-order valence-corrected chi connectivity index (χ2v) is 6.91. The normalized spacial score (nSPS) is 25.9. The number of hydrogen-bond donors (Lipinski definition) is 0. The molecule has 0 amide bonds. The molecule has 3 rings (SSSR count). The first-order valence-electron chi connectivity index (χ1n) is 8.72. The van der Waals surface area contributed by atoms with Gasteiger partial charge in [0.25, 0.3) is 0 Å². The molecule has 4 nitrogen and oxygen atoms in total. The Balaban J connectivity index is 1.49. The lowest BCUT2D eigenvalue weighted by molar-refractivity contribution is 0.126. The minimum atomic E-state index is 0.858. The van der Waals surface area contributed by atoms with Gasteiger partial charge >= 0.3 is 0 Å². The fourth-order valence-corrected chi connectivity index (χ4v) is 3.88. The third-order valence-electron chi connectivity index (χ3n) is 5.10. The van der Waals surface area contributed by atoms with E-state index in [4.69, 9.17) is 0 Å². The maximum absolute atomic E-state index is 4.47. The van der Waals surface area contributed by atoms with Crippen LogP contribution in [0.5, 0.6) is 0 Å². The van der Waals surface area contributed by atoms with Crippen LogP contribution in [-0.4, -0.2) is 52.1 Å². The molecular weight excluding hydrogens is 260 g/mol. The summed E-state index contributed by atoms with van der Waals surface area (Å²) in [6.07, 6.45) is 12.4. The van der Waals surface area contributed by atoms with Crippen LogP contribution >= 0.6 is 0 Å². The van der Waals surface area contributed by atoms with Crippen molar-refractivity contribution in [2.45, 2.75) is 45.1 Å². The second kappa shape index (κ2) is 7.41. The fourth-order valence-electron chi connectivity index (χ4n) is 3.88. The summed E-state index contributed by atoms with van der Waals surface area (Å²) in [6.45, 7) is 7.48. The lowest BCUT2D eigenvalue weighted by atomic mass is 9.97. The minimum Gasteiger partial charge on any atom is -0.337 e. The topological polar surface area (TPSA) is 24.3 Å². The average Bonchev–Trinajstić information content (AvgIpc) is 2.74. The van der Waals surface area contributed by atoms with Crippen molar-refractivity contribution in [3.8, 4) is 0 Å². The molecule has 0 aromatic carbocycles. The summed E-state index contributed by atoms with van der Waals surface area (Å²) >= 11 is 0. The molecule has 1 aromatic rings.